The highest BCUT2D eigenvalue weighted by molar-refractivity contribution is 5.86. The van der Waals surface area contributed by atoms with Crippen molar-refractivity contribution in [3.63, 3.8) is 0 Å². The molecule has 2 fully saturated rings. The number of aromatic nitrogens is 3. The number of hydrogen-bond donors (Lipinski definition) is 0. The van der Waals surface area contributed by atoms with Crippen LogP contribution in [0, 0.1) is 0 Å². The van der Waals surface area contributed by atoms with E-state index in [1.54, 1.807) is 0 Å². The number of benzene rings is 1. The Balaban J connectivity index is 1.25. The molecule has 142 valence electrons. The third kappa shape index (κ3) is 3.46. The highest BCUT2D eigenvalue weighted by Crippen LogP contribution is 2.36. The van der Waals surface area contributed by atoms with Crippen molar-refractivity contribution in [2.75, 3.05) is 13.1 Å². The van der Waals surface area contributed by atoms with Crippen molar-refractivity contribution < 1.29 is 9.26 Å². The Hall–Kier alpha value is -2.34. The molecule has 1 aromatic carbocycles. The molecule has 0 spiro atoms. The van der Waals surface area contributed by atoms with Crippen LogP contribution in [-0.4, -0.2) is 38.8 Å². The van der Waals surface area contributed by atoms with Crippen LogP contribution >= 0.6 is 0 Å². The highest BCUT2D eigenvalue weighted by Gasteiger charge is 2.23. The average Bonchev–Trinajstić information content (AvgIpc) is 3.45. The molecule has 1 aliphatic heterocycles. The minimum atomic E-state index is 0.268. The lowest BCUT2D eigenvalue weighted by Gasteiger charge is -2.31. The summed E-state index contributed by atoms with van der Waals surface area (Å²) in [5.74, 6) is 1.71. The van der Waals surface area contributed by atoms with E-state index >= 15 is 0 Å². The first-order valence-electron chi connectivity index (χ1n) is 10.1. The van der Waals surface area contributed by atoms with Gasteiger partial charge in [0, 0.05) is 30.7 Å². The Kier molecular flexibility index (Phi) is 4.57. The van der Waals surface area contributed by atoms with Crippen molar-refractivity contribution >= 4 is 10.9 Å². The molecule has 1 saturated heterocycles. The van der Waals surface area contributed by atoms with Crippen LogP contribution in [0.25, 0.3) is 10.9 Å². The fourth-order valence-electron chi connectivity index (χ4n) is 4.59. The van der Waals surface area contributed by atoms with Crippen molar-refractivity contribution in [1.82, 2.24) is 19.6 Å². The normalized spacial score (nSPS) is 19.9. The molecule has 3 aromatic rings. The van der Waals surface area contributed by atoms with Gasteiger partial charge in [0.2, 0.25) is 5.89 Å². The summed E-state index contributed by atoms with van der Waals surface area (Å²) < 4.78 is 14.0. The van der Waals surface area contributed by atoms with Gasteiger partial charge in [0.05, 0.1) is 12.1 Å². The molecule has 1 saturated carbocycles. The van der Waals surface area contributed by atoms with Gasteiger partial charge in [-0.1, -0.05) is 24.1 Å². The maximum absolute atomic E-state index is 6.44. The summed E-state index contributed by atoms with van der Waals surface area (Å²) in [4.78, 5) is 6.46. The van der Waals surface area contributed by atoms with Gasteiger partial charge < -0.3 is 13.8 Å². The average molecular weight is 366 g/mol. The van der Waals surface area contributed by atoms with E-state index in [1.165, 1.54) is 42.9 Å². The number of rotatable bonds is 5. The topological polar surface area (TPSA) is 56.3 Å². The van der Waals surface area contributed by atoms with Crippen molar-refractivity contribution in [2.24, 2.45) is 0 Å². The van der Waals surface area contributed by atoms with Gasteiger partial charge >= 0.3 is 0 Å². The second kappa shape index (κ2) is 7.35. The summed E-state index contributed by atoms with van der Waals surface area (Å²) in [6.45, 7) is 2.71. The molecule has 0 N–H and O–H groups in total. The van der Waals surface area contributed by atoms with E-state index in [0.717, 1.165) is 38.2 Å². The van der Waals surface area contributed by atoms with Gasteiger partial charge in [0.25, 0.3) is 0 Å². The molecule has 2 aliphatic rings. The first kappa shape index (κ1) is 16.8. The monoisotopic (exact) mass is 366 g/mol. The minimum Gasteiger partial charge on any atom is -0.490 e. The fourth-order valence-corrected chi connectivity index (χ4v) is 4.59. The molecule has 0 radical (unpaired) electrons. The zero-order valence-corrected chi connectivity index (χ0v) is 15.6. The Morgan fingerprint density at radius 3 is 2.70 bits per heavy atom. The predicted molar refractivity (Wildman–Crippen MR) is 103 cm³/mol. The maximum atomic E-state index is 6.44. The molecule has 3 heterocycles. The lowest BCUT2D eigenvalue weighted by atomic mass is 10.1. The van der Waals surface area contributed by atoms with Crippen LogP contribution in [0.5, 0.6) is 5.75 Å². The molecule has 27 heavy (non-hydrogen) atoms. The third-order valence-electron chi connectivity index (χ3n) is 6.04. The van der Waals surface area contributed by atoms with Gasteiger partial charge in [-0.25, -0.2) is 0 Å². The van der Waals surface area contributed by atoms with Crippen LogP contribution in [0.1, 0.15) is 50.5 Å². The number of fused-ring (bicyclic) bond motifs is 1. The molecule has 2 aromatic heterocycles. The van der Waals surface area contributed by atoms with Crippen molar-refractivity contribution in [1.29, 1.82) is 0 Å². The van der Waals surface area contributed by atoms with E-state index in [2.05, 4.69) is 50.1 Å². The first-order valence-corrected chi connectivity index (χ1v) is 10.1. The van der Waals surface area contributed by atoms with Crippen molar-refractivity contribution in [3.05, 3.63) is 42.7 Å². The summed E-state index contributed by atoms with van der Waals surface area (Å²) >= 11 is 0. The van der Waals surface area contributed by atoms with Crippen LogP contribution < -0.4 is 4.74 Å². The quantitative estimate of drug-likeness (QED) is 0.678. The molecule has 0 atom stereocenters. The molecule has 0 unspecified atom stereocenters. The fraction of sp³-hybridized carbons (Fsp3) is 0.524. The number of ether oxygens (including phenoxy) is 1. The highest BCUT2D eigenvalue weighted by atomic mass is 16.5. The van der Waals surface area contributed by atoms with Crippen molar-refractivity contribution in [3.8, 4) is 5.75 Å². The summed E-state index contributed by atoms with van der Waals surface area (Å²) in [7, 11) is 0. The van der Waals surface area contributed by atoms with E-state index in [4.69, 9.17) is 9.26 Å². The van der Waals surface area contributed by atoms with E-state index in [9.17, 15) is 0 Å². The maximum Gasteiger partial charge on any atom is 0.240 e. The molecule has 6 nitrogen and oxygen atoms in total. The predicted octanol–water partition coefficient (Wildman–Crippen LogP) is 4.18. The van der Waals surface area contributed by atoms with Crippen LogP contribution in [-0.2, 0) is 6.54 Å². The summed E-state index contributed by atoms with van der Waals surface area (Å²) in [6.07, 6.45) is 11.3. The standard InChI is InChI=1S/C21H26N4O2/c1-2-5-16(4-1)25-13-10-18-19(25)6-3-7-20(18)26-17-8-11-24(12-9-17)14-21-22-15-23-27-21/h3,6-7,10,13,15-17H,1-2,4-5,8-9,11-12,14H2. The van der Waals surface area contributed by atoms with Crippen molar-refractivity contribution in [2.45, 2.75) is 57.2 Å². The zero-order chi connectivity index (χ0) is 18.1. The minimum absolute atomic E-state index is 0.268. The van der Waals surface area contributed by atoms with Gasteiger partial charge in [-0.05, 0) is 43.9 Å². The largest absolute Gasteiger partial charge is 0.490 e. The molecule has 0 bridgehead atoms. The smallest absolute Gasteiger partial charge is 0.240 e. The molecule has 0 amide bonds. The summed E-state index contributed by atoms with van der Waals surface area (Å²) in [5.41, 5.74) is 1.31. The molecular weight excluding hydrogens is 340 g/mol. The summed E-state index contributed by atoms with van der Waals surface area (Å²) in [5, 5.41) is 4.93. The number of nitrogens with zero attached hydrogens (tertiary/aromatic N) is 4. The number of piperidine rings is 1. The van der Waals surface area contributed by atoms with Crippen LogP contribution in [0.2, 0.25) is 0 Å². The van der Waals surface area contributed by atoms with Crippen LogP contribution in [0.4, 0.5) is 0 Å². The summed E-state index contributed by atoms with van der Waals surface area (Å²) in [6, 6.07) is 9.37. The number of likely N-dealkylation sites (tertiary alicyclic amines) is 1. The second-order valence-corrected chi connectivity index (χ2v) is 7.78. The second-order valence-electron chi connectivity index (χ2n) is 7.78. The Bertz CT molecular complexity index is 875. The molecule has 5 rings (SSSR count). The lowest BCUT2D eigenvalue weighted by molar-refractivity contribution is 0.0915. The zero-order valence-electron chi connectivity index (χ0n) is 15.6. The molecule has 1 aliphatic carbocycles. The Morgan fingerprint density at radius 1 is 1.07 bits per heavy atom. The number of hydrogen-bond acceptors (Lipinski definition) is 5. The van der Waals surface area contributed by atoms with Gasteiger partial charge in [-0.3, -0.25) is 4.90 Å². The van der Waals surface area contributed by atoms with Gasteiger partial charge in [-0.15, -0.1) is 0 Å². The van der Waals surface area contributed by atoms with Gasteiger partial charge in [0.15, 0.2) is 6.33 Å². The SMILES string of the molecule is c1cc(OC2CCN(Cc3ncno3)CC2)c2ccn(C3CCCC3)c2c1. The van der Waals surface area contributed by atoms with Crippen LogP contribution in [0.15, 0.2) is 41.3 Å². The lowest BCUT2D eigenvalue weighted by Crippen LogP contribution is -2.37. The first-order chi connectivity index (χ1) is 13.4. The van der Waals surface area contributed by atoms with Crippen LogP contribution in [0.3, 0.4) is 0 Å². The molecule has 6 heteroatoms. The Morgan fingerprint density at radius 2 is 1.93 bits per heavy atom. The van der Waals surface area contributed by atoms with E-state index < -0.39 is 0 Å². The van der Waals surface area contributed by atoms with E-state index in [1.807, 2.05) is 0 Å². The Labute approximate surface area is 159 Å². The third-order valence-corrected chi connectivity index (χ3v) is 6.04. The van der Waals surface area contributed by atoms with Gasteiger partial charge in [0.1, 0.15) is 11.9 Å². The molecular formula is C21H26N4O2. The van der Waals surface area contributed by atoms with Gasteiger partial charge in [-0.2, -0.15) is 4.98 Å². The van der Waals surface area contributed by atoms with E-state index in [0.29, 0.717) is 11.9 Å². The van der Waals surface area contributed by atoms with E-state index in [-0.39, 0.29) is 6.10 Å².